The number of aryl methyl sites for hydroxylation is 1. The maximum absolute atomic E-state index is 11.0. The van der Waals surface area contributed by atoms with Gasteiger partial charge in [0.25, 0.3) is 0 Å². The van der Waals surface area contributed by atoms with Crippen molar-refractivity contribution in [3.05, 3.63) is 42.5 Å². The molecule has 0 aliphatic carbocycles. The van der Waals surface area contributed by atoms with Gasteiger partial charge in [-0.15, -0.1) is 0 Å². The number of fused-ring (bicyclic) bond motifs is 1. The lowest BCUT2D eigenvalue weighted by Crippen LogP contribution is -1.97. The van der Waals surface area contributed by atoms with Gasteiger partial charge < -0.3 is 9.84 Å². The minimum atomic E-state index is -0.998. The molecule has 1 aromatic carbocycles. The van der Waals surface area contributed by atoms with Crippen LogP contribution < -0.4 is 4.74 Å². The minimum absolute atomic E-state index is 0.172. The number of benzene rings is 1. The van der Waals surface area contributed by atoms with Gasteiger partial charge in [-0.3, -0.25) is 4.68 Å². The fourth-order valence-electron chi connectivity index (χ4n) is 1.93. The lowest BCUT2D eigenvalue weighted by Gasteiger charge is -2.05. The van der Waals surface area contributed by atoms with E-state index in [9.17, 15) is 4.79 Å². The summed E-state index contributed by atoms with van der Waals surface area (Å²) < 4.78 is 7.43. The van der Waals surface area contributed by atoms with E-state index in [2.05, 4.69) is 15.1 Å². The van der Waals surface area contributed by atoms with Crippen molar-refractivity contribution in [1.29, 1.82) is 0 Å². The SMILES string of the molecule is CCn1cc(Oc2ncnc3cc(C(=O)O)ccc23)cn1. The van der Waals surface area contributed by atoms with E-state index in [-0.39, 0.29) is 5.56 Å². The molecule has 3 rings (SSSR count). The molecule has 7 nitrogen and oxygen atoms in total. The Kier molecular flexibility index (Phi) is 3.23. The average Bonchev–Trinajstić information content (AvgIpc) is 2.94. The monoisotopic (exact) mass is 284 g/mol. The van der Waals surface area contributed by atoms with E-state index in [1.165, 1.54) is 18.5 Å². The molecule has 0 aliphatic rings. The zero-order valence-electron chi connectivity index (χ0n) is 11.2. The molecule has 0 saturated carbocycles. The van der Waals surface area contributed by atoms with Crippen molar-refractivity contribution in [2.75, 3.05) is 0 Å². The van der Waals surface area contributed by atoms with Gasteiger partial charge >= 0.3 is 5.97 Å². The lowest BCUT2D eigenvalue weighted by molar-refractivity contribution is 0.0697. The van der Waals surface area contributed by atoms with E-state index in [1.54, 1.807) is 23.1 Å². The molecule has 0 radical (unpaired) electrons. The van der Waals surface area contributed by atoms with Crippen molar-refractivity contribution in [3.8, 4) is 11.6 Å². The third kappa shape index (κ3) is 2.53. The maximum Gasteiger partial charge on any atom is 0.335 e. The number of nitrogens with zero attached hydrogens (tertiary/aromatic N) is 4. The van der Waals surface area contributed by atoms with Crippen LogP contribution in [0.2, 0.25) is 0 Å². The molecule has 0 spiro atoms. The molecule has 7 heteroatoms. The summed E-state index contributed by atoms with van der Waals surface area (Å²) in [5.41, 5.74) is 0.689. The summed E-state index contributed by atoms with van der Waals surface area (Å²) in [5, 5.41) is 13.8. The predicted molar refractivity (Wildman–Crippen MR) is 74.5 cm³/mol. The normalized spacial score (nSPS) is 10.7. The first-order valence-electron chi connectivity index (χ1n) is 6.35. The molecule has 2 heterocycles. The second-order valence-electron chi connectivity index (χ2n) is 4.35. The van der Waals surface area contributed by atoms with Crippen molar-refractivity contribution in [3.63, 3.8) is 0 Å². The van der Waals surface area contributed by atoms with Crippen LogP contribution in [0, 0.1) is 0 Å². The highest BCUT2D eigenvalue weighted by molar-refractivity contribution is 5.94. The Hall–Kier alpha value is -2.96. The van der Waals surface area contributed by atoms with Crippen LogP contribution in [0.3, 0.4) is 0 Å². The number of aromatic nitrogens is 4. The molecule has 0 amide bonds. The molecular formula is C14H12N4O3. The molecule has 3 aromatic rings. The molecule has 0 atom stereocenters. The van der Waals surface area contributed by atoms with E-state index < -0.39 is 5.97 Å². The number of ether oxygens (including phenoxy) is 1. The fourth-order valence-corrected chi connectivity index (χ4v) is 1.93. The lowest BCUT2D eigenvalue weighted by atomic mass is 10.1. The quantitative estimate of drug-likeness (QED) is 0.790. The van der Waals surface area contributed by atoms with Gasteiger partial charge in [-0.1, -0.05) is 0 Å². The van der Waals surface area contributed by atoms with Gasteiger partial charge in [0, 0.05) is 6.54 Å². The second kappa shape index (κ2) is 5.20. The van der Waals surface area contributed by atoms with Gasteiger partial charge in [0.15, 0.2) is 5.75 Å². The highest BCUT2D eigenvalue weighted by Gasteiger charge is 2.10. The molecule has 0 aliphatic heterocycles. The van der Waals surface area contributed by atoms with Gasteiger partial charge in [-0.05, 0) is 25.1 Å². The van der Waals surface area contributed by atoms with Crippen molar-refractivity contribution >= 4 is 16.9 Å². The van der Waals surface area contributed by atoms with Gasteiger partial charge in [-0.25, -0.2) is 14.8 Å². The maximum atomic E-state index is 11.0. The second-order valence-corrected chi connectivity index (χ2v) is 4.35. The standard InChI is InChI=1S/C14H12N4O3/c1-2-18-7-10(6-17-18)21-13-11-4-3-9(14(19)20)5-12(11)15-8-16-13/h3-8H,2H2,1H3,(H,19,20). The number of carbonyl (C=O) groups is 1. The fraction of sp³-hybridized carbons (Fsp3) is 0.143. The minimum Gasteiger partial charge on any atom is -0.478 e. The summed E-state index contributed by atoms with van der Waals surface area (Å²) in [7, 11) is 0. The largest absolute Gasteiger partial charge is 0.478 e. The Labute approximate surface area is 119 Å². The molecule has 2 aromatic heterocycles. The van der Waals surface area contributed by atoms with Crippen LogP contribution in [0.5, 0.6) is 11.6 Å². The topological polar surface area (TPSA) is 90.1 Å². The first-order valence-corrected chi connectivity index (χ1v) is 6.35. The van der Waals surface area contributed by atoms with Crippen LogP contribution in [0.15, 0.2) is 36.9 Å². The Balaban J connectivity index is 2.00. The smallest absolute Gasteiger partial charge is 0.335 e. The van der Waals surface area contributed by atoms with Crippen molar-refractivity contribution in [2.24, 2.45) is 0 Å². The Morgan fingerprint density at radius 1 is 1.38 bits per heavy atom. The molecule has 106 valence electrons. The van der Waals surface area contributed by atoms with Gasteiger partial charge in [-0.2, -0.15) is 5.10 Å². The number of rotatable bonds is 4. The summed E-state index contributed by atoms with van der Waals surface area (Å²) in [6.45, 7) is 2.72. The zero-order valence-corrected chi connectivity index (χ0v) is 11.2. The number of carboxylic acid groups (broad SMARTS) is 1. The third-order valence-corrected chi connectivity index (χ3v) is 2.99. The van der Waals surface area contributed by atoms with Crippen LogP contribution in [-0.2, 0) is 6.54 Å². The summed E-state index contributed by atoms with van der Waals surface area (Å²) in [4.78, 5) is 19.1. The van der Waals surface area contributed by atoms with Crippen LogP contribution in [0.25, 0.3) is 10.9 Å². The highest BCUT2D eigenvalue weighted by Crippen LogP contribution is 2.26. The Morgan fingerprint density at radius 2 is 2.24 bits per heavy atom. The Bertz CT molecular complexity index is 813. The van der Waals surface area contributed by atoms with E-state index >= 15 is 0 Å². The molecule has 1 N–H and O–H groups in total. The van der Waals surface area contributed by atoms with Gasteiger partial charge in [0.05, 0.1) is 28.9 Å². The van der Waals surface area contributed by atoms with E-state index in [1.807, 2.05) is 6.92 Å². The Morgan fingerprint density at radius 3 is 2.95 bits per heavy atom. The summed E-state index contributed by atoms with van der Waals surface area (Å²) in [6.07, 6.45) is 4.70. The number of aromatic carboxylic acids is 1. The number of hydrogen-bond acceptors (Lipinski definition) is 5. The van der Waals surface area contributed by atoms with Crippen molar-refractivity contribution in [1.82, 2.24) is 19.7 Å². The van der Waals surface area contributed by atoms with Crippen molar-refractivity contribution < 1.29 is 14.6 Å². The molecule has 0 fully saturated rings. The number of hydrogen-bond donors (Lipinski definition) is 1. The van der Waals surface area contributed by atoms with Gasteiger partial charge in [0.2, 0.25) is 5.88 Å². The van der Waals surface area contributed by atoms with E-state index in [4.69, 9.17) is 9.84 Å². The highest BCUT2D eigenvalue weighted by atomic mass is 16.5. The molecule has 0 unspecified atom stereocenters. The first kappa shape index (κ1) is 13.0. The van der Waals surface area contributed by atoms with Gasteiger partial charge in [0.1, 0.15) is 6.33 Å². The van der Waals surface area contributed by atoms with E-state index in [0.29, 0.717) is 22.5 Å². The van der Waals surface area contributed by atoms with Crippen LogP contribution >= 0.6 is 0 Å². The predicted octanol–water partition coefficient (Wildman–Crippen LogP) is 2.34. The molecule has 0 saturated heterocycles. The number of carboxylic acids is 1. The van der Waals surface area contributed by atoms with Crippen LogP contribution in [0.1, 0.15) is 17.3 Å². The van der Waals surface area contributed by atoms with Crippen molar-refractivity contribution in [2.45, 2.75) is 13.5 Å². The molecule has 21 heavy (non-hydrogen) atoms. The van der Waals surface area contributed by atoms with Crippen LogP contribution in [0.4, 0.5) is 0 Å². The third-order valence-electron chi connectivity index (χ3n) is 2.99. The molecule has 0 bridgehead atoms. The first-order chi connectivity index (χ1) is 10.2. The zero-order chi connectivity index (χ0) is 14.8. The summed E-state index contributed by atoms with van der Waals surface area (Å²) in [5.74, 6) is -0.0612. The van der Waals surface area contributed by atoms with Crippen LogP contribution in [-0.4, -0.2) is 30.8 Å². The average molecular weight is 284 g/mol. The van der Waals surface area contributed by atoms with E-state index in [0.717, 1.165) is 6.54 Å². The summed E-state index contributed by atoms with van der Waals surface area (Å²) >= 11 is 0. The molecular weight excluding hydrogens is 272 g/mol. The summed E-state index contributed by atoms with van der Waals surface area (Å²) in [6, 6.07) is 4.62.